The van der Waals surface area contributed by atoms with Gasteiger partial charge in [0.15, 0.2) is 0 Å². The predicted molar refractivity (Wildman–Crippen MR) is 89.5 cm³/mol. The van der Waals surface area contributed by atoms with Crippen molar-refractivity contribution in [2.75, 3.05) is 5.32 Å². The Labute approximate surface area is 131 Å². The Morgan fingerprint density at radius 2 is 2.05 bits per heavy atom. The van der Waals surface area contributed by atoms with Crippen LogP contribution in [0.3, 0.4) is 0 Å². The van der Waals surface area contributed by atoms with E-state index in [4.69, 9.17) is 0 Å². The SMILES string of the molecule is Cc1ccc(Br)c(NC(=O)Cc2c[nH]c3ccccc23)c1. The second-order valence-corrected chi connectivity index (χ2v) is 5.92. The third kappa shape index (κ3) is 3.00. The van der Waals surface area contributed by atoms with Gasteiger partial charge in [-0.05, 0) is 52.2 Å². The Bertz CT molecular complexity index is 807. The van der Waals surface area contributed by atoms with Crippen molar-refractivity contribution < 1.29 is 4.79 Å². The molecule has 2 aromatic carbocycles. The number of carbonyl (C=O) groups is 1. The Hall–Kier alpha value is -2.07. The molecule has 0 atom stereocenters. The van der Waals surface area contributed by atoms with E-state index in [1.54, 1.807) is 0 Å². The van der Waals surface area contributed by atoms with Crippen molar-refractivity contribution >= 4 is 38.4 Å². The maximum absolute atomic E-state index is 12.2. The zero-order valence-electron chi connectivity index (χ0n) is 11.6. The molecule has 0 aliphatic rings. The third-order valence-electron chi connectivity index (χ3n) is 3.42. The van der Waals surface area contributed by atoms with Gasteiger partial charge in [-0.25, -0.2) is 0 Å². The highest BCUT2D eigenvalue weighted by Gasteiger charge is 2.10. The molecule has 0 saturated carbocycles. The molecule has 1 heterocycles. The molecule has 1 amide bonds. The van der Waals surface area contributed by atoms with Crippen molar-refractivity contribution in [2.45, 2.75) is 13.3 Å². The number of aromatic amines is 1. The lowest BCUT2D eigenvalue weighted by Crippen LogP contribution is -2.14. The molecule has 0 spiro atoms. The van der Waals surface area contributed by atoms with Crippen LogP contribution in [0, 0.1) is 6.92 Å². The van der Waals surface area contributed by atoms with Crippen LogP contribution in [-0.4, -0.2) is 10.9 Å². The molecule has 0 fully saturated rings. The molecule has 3 aromatic rings. The minimum absolute atomic E-state index is 0.0222. The van der Waals surface area contributed by atoms with E-state index in [0.29, 0.717) is 6.42 Å². The van der Waals surface area contributed by atoms with Crippen LogP contribution < -0.4 is 5.32 Å². The average Bonchev–Trinajstić information content (AvgIpc) is 2.86. The monoisotopic (exact) mass is 342 g/mol. The number of nitrogens with one attached hydrogen (secondary N) is 2. The summed E-state index contributed by atoms with van der Waals surface area (Å²) in [6.45, 7) is 2.00. The summed E-state index contributed by atoms with van der Waals surface area (Å²) in [5.41, 5.74) is 3.98. The number of aromatic nitrogens is 1. The van der Waals surface area contributed by atoms with Gasteiger partial charge in [-0.3, -0.25) is 4.79 Å². The van der Waals surface area contributed by atoms with Crippen molar-refractivity contribution in [1.29, 1.82) is 0 Å². The molecule has 0 radical (unpaired) electrons. The summed E-state index contributed by atoms with van der Waals surface area (Å²) >= 11 is 3.46. The van der Waals surface area contributed by atoms with E-state index in [9.17, 15) is 4.79 Å². The second kappa shape index (κ2) is 5.74. The van der Waals surface area contributed by atoms with Gasteiger partial charge in [0.05, 0.1) is 12.1 Å². The van der Waals surface area contributed by atoms with Gasteiger partial charge in [-0.2, -0.15) is 0 Å². The minimum Gasteiger partial charge on any atom is -0.361 e. The average molecular weight is 343 g/mol. The number of anilines is 1. The summed E-state index contributed by atoms with van der Waals surface area (Å²) in [5.74, 6) is -0.0222. The van der Waals surface area contributed by atoms with Gasteiger partial charge in [0.1, 0.15) is 0 Å². The standard InChI is InChI=1S/C17H15BrN2O/c1-11-6-7-14(18)16(8-11)20-17(21)9-12-10-19-15-5-3-2-4-13(12)15/h2-8,10,19H,9H2,1H3,(H,20,21). The third-order valence-corrected chi connectivity index (χ3v) is 4.11. The van der Waals surface area contributed by atoms with E-state index in [2.05, 4.69) is 26.2 Å². The van der Waals surface area contributed by atoms with Crippen molar-refractivity contribution in [3.05, 3.63) is 64.3 Å². The minimum atomic E-state index is -0.0222. The van der Waals surface area contributed by atoms with E-state index in [1.807, 2.05) is 55.6 Å². The molecule has 3 rings (SSSR count). The summed E-state index contributed by atoms with van der Waals surface area (Å²) < 4.78 is 0.889. The highest BCUT2D eigenvalue weighted by atomic mass is 79.9. The van der Waals surface area contributed by atoms with E-state index in [1.165, 1.54) is 0 Å². The lowest BCUT2D eigenvalue weighted by atomic mass is 10.1. The van der Waals surface area contributed by atoms with Gasteiger partial charge < -0.3 is 10.3 Å². The smallest absolute Gasteiger partial charge is 0.228 e. The highest BCUT2D eigenvalue weighted by molar-refractivity contribution is 9.10. The summed E-state index contributed by atoms with van der Waals surface area (Å²) in [6.07, 6.45) is 2.25. The largest absolute Gasteiger partial charge is 0.361 e. The number of carbonyl (C=O) groups excluding carboxylic acids is 1. The predicted octanol–water partition coefficient (Wildman–Crippen LogP) is 4.42. The summed E-state index contributed by atoms with van der Waals surface area (Å²) in [5, 5.41) is 4.05. The number of hydrogen-bond donors (Lipinski definition) is 2. The maximum atomic E-state index is 12.2. The van der Waals surface area contributed by atoms with Crippen molar-refractivity contribution in [3.8, 4) is 0 Å². The summed E-state index contributed by atoms with van der Waals surface area (Å²) in [7, 11) is 0. The number of amides is 1. The zero-order chi connectivity index (χ0) is 14.8. The first-order valence-corrected chi connectivity index (χ1v) is 7.54. The van der Waals surface area contributed by atoms with Crippen LogP contribution in [-0.2, 0) is 11.2 Å². The number of halogens is 1. The van der Waals surface area contributed by atoms with E-state index < -0.39 is 0 Å². The molecule has 0 unspecified atom stereocenters. The van der Waals surface area contributed by atoms with Gasteiger partial charge in [0, 0.05) is 21.6 Å². The first-order chi connectivity index (χ1) is 10.1. The van der Waals surface area contributed by atoms with Gasteiger partial charge in [-0.1, -0.05) is 24.3 Å². The molecule has 0 bridgehead atoms. The number of H-pyrrole nitrogens is 1. The second-order valence-electron chi connectivity index (χ2n) is 5.07. The van der Waals surface area contributed by atoms with Crippen LogP contribution in [0.5, 0.6) is 0 Å². The Morgan fingerprint density at radius 1 is 1.24 bits per heavy atom. The molecular weight excluding hydrogens is 328 g/mol. The van der Waals surface area contributed by atoms with E-state index >= 15 is 0 Å². The fourth-order valence-corrected chi connectivity index (χ4v) is 2.73. The molecule has 21 heavy (non-hydrogen) atoms. The van der Waals surface area contributed by atoms with Crippen molar-refractivity contribution in [3.63, 3.8) is 0 Å². The first-order valence-electron chi connectivity index (χ1n) is 6.74. The molecular formula is C17H15BrN2O. The molecule has 0 aliphatic heterocycles. The molecule has 106 valence electrons. The summed E-state index contributed by atoms with van der Waals surface area (Å²) in [4.78, 5) is 15.4. The van der Waals surface area contributed by atoms with Crippen LogP contribution in [0.4, 0.5) is 5.69 Å². The number of benzene rings is 2. The Kier molecular flexibility index (Phi) is 3.80. The van der Waals surface area contributed by atoms with E-state index in [0.717, 1.165) is 32.2 Å². The van der Waals surface area contributed by atoms with Crippen LogP contribution in [0.1, 0.15) is 11.1 Å². The first kappa shape index (κ1) is 13.9. The normalized spacial score (nSPS) is 10.8. The van der Waals surface area contributed by atoms with Crippen LogP contribution in [0.15, 0.2) is 53.1 Å². The number of aryl methyl sites for hydroxylation is 1. The number of fused-ring (bicyclic) bond motifs is 1. The van der Waals surface area contributed by atoms with Gasteiger partial charge in [0.25, 0.3) is 0 Å². The maximum Gasteiger partial charge on any atom is 0.228 e. The van der Waals surface area contributed by atoms with Crippen molar-refractivity contribution in [2.24, 2.45) is 0 Å². The molecule has 3 nitrogen and oxygen atoms in total. The zero-order valence-corrected chi connectivity index (χ0v) is 13.2. The topological polar surface area (TPSA) is 44.9 Å². The molecule has 0 aliphatic carbocycles. The molecule has 2 N–H and O–H groups in total. The van der Waals surface area contributed by atoms with Crippen molar-refractivity contribution in [1.82, 2.24) is 4.98 Å². The van der Waals surface area contributed by atoms with E-state index in [-0.39, 0.29) is 5.91 Å². The highest BCUT2D eigenvalue weighted by Crippen LogP contribution is 2.24. The fraction of sp³-hybridized carbons (Fsp3) is 0.118. The van der Waals surface area contributed by atoms with Gasteiger partial charge >= 0.3 is 0 Å². The lowest BCUT2D eigenvalue weighted by molar-refractivity contribution is -0.115. The van der Waals surface area contributed by atoms with Gasteiger partial charge in [0.2, 0.25) is 5.91 Å². The van der Waals surface area contributed by atoms with Crippen LogP contribution in [0.2, 0.25) is 0 Å². The fourth-order valence-electron chi connectivity index (χ4n) is 2.38. The number of hydrogen-bond acceptors (Lipinski definition) is 1. The molecule has 0 saturated heterocycles. The van der Waals surface area contributed by atoms with Gasteiger partial charge in [-0.15, -0.1) is 0 Å². The number of para-hydroxylation sites is 1. The van der Waals surface area contributed by atoms with Crippen LogP contribution in [0.25, 0.3) is 10.9 Å². The molecule has 4 heteroatoms. The quantitative estimate of drug-likeness (QED) is 0.726. The molecule has 1 aromatic heterocycles. The summed E-state index contributed by atoms with van der Waals surface area (Å²) in [6, 6.07) is 13.9. The Morgan fingerprint density at radius 3 is 2.90 bits per heavy atom. The van der Waals surface area contributed by atoms with Crippen LogP contribution >= 0.6 is 15.9 Å². The Balaban J connectivity index is 1.79. The lowest BCUT2D eigenvalue weighted by Gasteiger charge is -2.08. The number of rotatable bonds is 3.